The average Bonchev–Trinajstić information content (AvgIpc) is 2.81. The summed E-state index contributed by atoms with van der Waals surface area (Å²) >= 11 is 0. The van der Waals surface area contributed by atoms with Gasteiger partial charge in [0.15, 0.2) is 0 Å². The number of nitrogens with one attached hydrogen (secondary N) is 1. The van der Waals surface area contributed by atoms with Crippen molar-refractivity contribution in [2.75, 3.05) is 24.5 Å². The van der Waals surface area contributed by atoms with Crippen LogP contribution < -0.4 is 10.2 Å². The number of alkyl halides is 3. The van der Waals surface area contributed by atoms with Crippen molar-refractivity contribution in [2.24, 2.45) is 5.41 Å². The van der Waals surface area contributed by atoms with E-state index in [1.54, 1.807) is 0 Å². The minimum absolute atomic E-state index is 0. The van der Waals surface area contributed by atoms with Gasteiger partial charge in [0.2, 0.25) is 0 Å². The normalized spacial score (nSPS) is 28.7. The first-order valence-corrected chi connectivity index (χ1v) is 7.40. The molecule has 0 bridgehead atoms. The highest BCUT2D eigenvalue weighted by Crippen LogP contribution is 2.42. The molecular formula is C15H21ClF3N3. The summed E-state index contributed by atoms with van der Waals surface area (Å²) in [4.78, 5) is 6.15. The van der Waals surface area contributed by atoms with E-state index in [2.05, 4.69) is 17.2 Å². The van der Waals surface area contributed by atoms with Crippen molar-refractivity contribution in [3.8, 4) is 0 Å². The van der Waals surface area contributed by atoms with E-state index < -0.39 is 11.7 Å². The minimum atomic E-state index is -4.31. The van der Waals surface area contributed by atoms with E-state index in [9.17, 15) is 13.2 Å². The van der Waals surface area contributed by atoms with Gasteiger partial charge in [-0.25, -0.2) is 4.98 Å². The Hall–Kier alpha value is -1.01. The molecule has 2 atom stereocenters. The molecule has 7 heteroatoms. The molecule has 3 rings (SSSR count). The molecular weight excluding hydrogens is 315 g/mol. The van der Waals surface area contributed by atoms with Crippen molar-refractivity contribution in [1.29, 1.82) is 0 Å². The predicted molar refractivity (Wildman–Crippen MR) is 82.4 cm³/mol. The Morgan fingerprint density at radius 3 is 2.82 bits per heavy atom. The van der Waals surface area contributed by atoms with Crippen molar-refractivity contribution in [3.05, 3.63) is 23.9 Å². The molecule has 1 aromatic rings. The van der Waals surface area contributed by atoms with E-state index in [-0.39, 0.29) is 17.8 Å². The summed E-state index contributed by atoms with van der Waals surface area (Å²) < 4.78 is 38.4. The van der Waals surface area contributed by atoms with Gasteiger partial charge in [-0.2, -0.15) is 13.2 Å². The summed E-state index contributed by atoms with van der Waals surface area (Å²) in [6.45, 7) is 4.77. The molecule has 2 fully saturated rings. The van der Waals surface area contributed by atoms with Gasteiger partial charge in [-0.15, -0.1) is 12.4 Å². The molecule has 2 unspecified atom stereocenters. The Kier molecular flexibility index (Phi) is 4.92. The molecule has 22 heavy (non-hydrogen) atoms. The molecule has 1 spiro atoms. The minimum Gasteiger partial charge on any atom is -0.356 e. The lowest BCUT2D eigenvalue weighted by molar-refractivity contribution is -0.137. The maximum Gasteiger partial charge on any atom is 0.416 e. The second-order valence-electron chi connectivity index (χ2n) is 6.38. The summed E-state index contributed by atoms with van der Waals surface area (Å²) in [5, 5.41) is 3.43. The van der Waals surface area contributed by atoms with Gasteiger partial charge in [0.25, 0.3) is 0 Å². The number of hydrogen-bond acceptors (Lipinski definition) is 3. The van der Waals surface area contributed by atoms with E-state index in [4.69, 9.17) is 0 Å². The molecule has 0 aliphatic carbocycles. The summed E-state index contributed by atoms with van der Waals surface area (Å²) in [5.74, 6) is 0.452. The summed E-state index contributed by atoms with van der Waals surface area (Å²) in [5.41, 5.74) is -0.382. The summed E-state index contributed by atoms with van der Waals surface area (Å²) in [6.07, 6.45) is 0.165. The standard InChI is InChI=1S/C15H20F3N3.ClH/c1-11-9-14(3-6-19-11)4-7-21(10-14)13-8-12(2-5-20-13)15(16,17)18;/h2,5,8,11,19H,3-4,6-7,9-10H2,1H3;1H. The lowest BCUT2D eigenvalue weighted by atomic mass is 9.76. The molecule has 0 aromatic carbocycles. The number of hydrogen-bond donors (Lipinski definition) is 1. The highest BCUT2D eigenvalue weighted by atomic mass is 35.5. The summed E-state index contributed by atoms with van der Waals surface area (Å²) in [7, 11) is 0. The second kappa shape index (κ2) is 6.24. The fourth-order valence-electron chi connectivity index (χ4n) is 3.68. The smallest absolute Gasteiger partial charge is 0.356 e. The number of nitrogens with zero attached hydrogens (tertiary/aromatic N) is 2. The Labute approximate surface area is 134 Å². The number of piperidine rings is 1. The third-order valence-electron chi connectivity index (χ3n) is 4.72. The molecule has 3 nitrogen and oxygen atoms in total. The maximum atomic E-state index is 12.8. The van der Waals surface area contributed by atoms with Gasteiger partial charge in [0, 0.05) is 25.3 Å². The van der Waals surface area contributed by atoms with Gasteiger partial charge in [-0.05, 0) is 50.3 Å². The van der Waals surface area contributed by atoms with Crippen LogP contribution in [0.4, 0.5) is 19.0 Å². The zero-order chi connectivity index (χ0) is 15.1. The van der Waals surface area contributed by atoms with Crippen LogP contribution in [0.1, 0.15) is 31.7 Å². The van der Waals surface area contributed by atoms with Crippen LogP contribution in [0.5, 0.6) is 0 Å². The lowest BCUT2D eigenvalue weighted by Crippen LogP contribution is -2.43. The molecule has 0 amide bonds. The monoisotopic (exact) mass is 335 g/mol. The Morgan fingerprint density at radius 1 is 1.36 bits per heavy atom. The fourth-order valence-corrected chi connectivity index (χ4v) is 3.68. The van der Waals surface area contributed by atoms with Crippen molar-refractivity contribution in [1.82, 2.24) is 10.3 Å². The second-order valence-corrected chi connectivity index (χ2v) is 6.38. The van der Waals surface area contributed by atoms with Crippen molar-refractivity contribution >= 4 is 18.2 Å². The number of aromatic nitrogens is 1. The van der Waals surface area contributed by atoms with Gasteiger partial charge in [0.1, 0.15) is 5.82 Å². The first kappa shape index (κ1) is 17.3. The predicted octanol–water partition coefficient (Wildman–Crippen LogP) is 3.49. The molecule has 124 valence electrons. The van der Waals surface area contributed by atoms with E-state index in [0.29, 0.717) is 11.9 Å². The van der Waals surface area contributed by atoms with Crippen molar-refractivity contribution < 1.29 is 13.2 Å². The largest absolute Gasteiger partial charge is 0.416 e. The highest BCUT2D eigenvalue weighted by molar-refractivity contribution is 5.85. The van der Waals surface area contributed by atoms with E-state index >= 15 is 0 Å². The Bertz CT molecular complexity index is 523. The highest BCUT2D eigenvalue weighted by Gasteiger charge is 2.41. The quantitative estimate of drug-likeness (QED) is 0.851. The van der Waals surface area contributed by atoms with Gasteiger partial charge < -0.3 is 10.2 Å². The zero-order valence-corrected chi connectivity index (χ0v) is 13.3. The molecule has 0 saturated carbocycles. The topological polar surface area (TPSA) is 28.2 Å². The van der Waals surface area contributed by atoms with E-state index in [1.165, 1.54) is 12.3 Å². The molecule has 3 heterocycles. The SMILES string of the molecule is CC1CC2(CCN1)CCN(c1cc(C(F)(F)F)ccn1)C2.Cl. The van der Waals surface area contributed by atoms with Gasteiger partial charge in [-0.3, -0.25) is 0 Å². The molecule has 2 aliphatic rings. The maximum absolute atomic E-state index is 12.8. The number of rotatable bonds is 1. The first-order chi connectivity index (χ1) is 9.88. The fraction of sp³-hybridized carbons (Fsp3) is 0.667. The first-order valence-electron chi connectivity index (χ1n) is 7.40. The third-order valence-corrected chi connectivity index (χ3v) is 4.72. The average molecular weight is 336 g/mol. The van der Waals surface area contributed by atoms with Gasteiger partial charge in [-0.1, -0.05) is 0 Å². The van der Waals surface area contributed by atoms with E-state index in [1.807, 2.05) is 4.90 Å². The lowest BCUT2D eigenvalue weighted by Gasteiger charge is -2.37. The number of anilines is 1. The molecule has 2 saturated heterocycles. The van der Waals surface area contributed by atoms with Crippen LogP contribution in [0.25, 0.3) is 0 Å². The third kappa shape index (κ3) is 3.49. The van der Waals surface area contributed by atoms with E-state index in [0.717, 1.165) is 45.0 Å². The van der Waals surface area contributed by atoms with Crippen LogP contribution in [0.15, 0.2) is 18.3 Å². The summed E-state index contributed by atoms with van der Waals surface area (Å²) in [6, 6.07) is 2.68. The van der Waals surface area contributed by atoms with Crippen molar-refractivity contribution in [2.45, 2.75) is 38.4 Å². The molecule has 1 aromatic heterocycles. The molecule has 0 radical (unpaired) electrons. The molecule has 2 aliphatic heterocycles. The van der Waals surface area contributed by atoms with Gasteiger partial charge >= 0.3 is 6.18 Å². The number of pyridine rings is 1. The van der Waals surface area contributed by atoms with Crippen LogP contribution in [0.2, 0.25) is 0 Å². The molecule has 1 N–H and O–H groups in total. The zero-order valence-electron chi connectivity index (χ0n) is 12.5. The van der Waals surface area contributed by atoms with Crippen LogP contribution in [-0.4, -0.2) is 30.7 Å². The van der Waals surface area contributed by atoms with Crippen LogP contribution in [-0.2, 0) is 6.18 Å². The van der Waals surface area contributed by atoms with Crippen molar-refractivity contribution in [3.63, 3.8) is 0 Å². The Balaban J connectivity index is 0.00000176. The van der Waals surface area contributed by atoms with Crippen LogP contribution in [0, 0.1) is 5.41 Å². The van der Waals surface area contributed by atoms with Crippen LogP contribution in [0.3, 0.4) is 0 Å². The van der Waals surface area contributed by atoms with Crippen LogP contribution >= 0.6 is 12.4 Å². The Morgan fingerprint density at radius 2 is 2.14 bits per heavy atom. The number of halogens is 4. The van der Waals surface area contributed by atoms with Gasteiger partial charge in [0.05, 0.1) is 5.56 Å².